The average molecular weight is 276 g/mol. The second-order valence-corrected chi connectivity index (χ2v) is 4.29. The summed E-state index contributed by atoms with van der Waals surface area (Å²) in [5.41, 5.74) is -0.271. The number of carbonyl (C=O) groups excluding carboxylic acids is 1. The summed E-state index contributed by atoms with van der Waals surface area (Å²) in [6, 6.07) is 3.24. The molecule has 0 N–H and O–H groups in total. The maximum Gasteiger partial charge on any atom is 0.257 e. The van der Waals surface area contributed by atoms with Gasteiger partial charge in [0, 0.05) is 12.4 Å². The normalized spacial score (nSPS) is 19.9. The molecule has 1 heterocycles. The van der Waals surface area contributed by atoms with Crippen LogP contribution in [0.1, 0.15) is 10.4 Å². The first-order valence-electron chi connectivity index (χ1n) is 5.54. The van der Waals surface area contributed by atoms with Crippen molar-refractivity contribution in [3.8, 4) is 0 Å². The van der Waals surface area contributed by atoms with Crippen LogP contribution in [0.25, 0.3) is 0 Å². The smallest absolute Gasteiger partial charge is 0.257 e. The molecular formula is C12H12ClF2NO2. The van der Waals surface area contributed by atoms with Gasteiger partial charge in [0.2, 0.25) is 0 Å². The first-order valence-corrected chi connectivity index (χ1v) is 6.07. The van der Waals surface area contributed by atoms with Crippen LogP contribution < -0.4 is 0 Å². The molecule has 1 aromatic rings. The Morgan fingerprint density at radius 3 is 3.00 bits per heavy atom. The number of alkyl halides is 1. The van der Waals surface area contributed by atoms with E-state index in [1.807, 2.05) is 0 Å². The quantitative estimate of drug-likeness (QED) is 0.773. The highest BCUT2D eigenvalue weighted by molar-refractivity contribution is 6.18. The number of halogens is 3. The third-order valence-corrected chi connectivity index (χ3v) is 3.20. The summed E-state index contributed by atoms with van der Waals surface area (Å²) in [5, 5.41) is 0. The first-order chi connectivity index (χ1) is 8.65. The van der Waals surface area contributed by atoms with Gasteiger partial charge in [0.1, 0.15) is 0 Å². The van der Waals surface area contributed by atoms with E-state index in [1.54, 1.807) is 0 Å². The van der Waals surface area contributed by atoms with Crippen LogP contribution in [0.15, 0.2) is 18.2 Å². The molecule has 1 atom stereocenters. The number of rotatable bonds is 2. The number of amides is 1. The minimum atomic E-state index is -1.12. The highest BCUT2D eigenvalue weighted by Gasteiger charge is 2.29. The summed E-state index contributed by atoms with van der Waals surface area (Å²) in [6.07, 6.45) is 0. The summed E-state index contributed by atoms with van der Waals surface area (Å²) < 4.78 is 31.8. The van der Waals surface area contributed by atoms with Crippen LogP contribution in [0.3, 0.4) is 0 Å². The minimum Gasteiger partial charge on any atom is -0.377 e. The van der Waals surface area contributed by atoms with Gasteiger partial charge in [0.15, 0.2) is 11.6 Å². The van der Waals surface area contributed by atoms with Crippen molar-refractivity contribution in [3.63, 3.8) is 0 Å². The van der Waals surface area contributed by atoms with Gasteiger partial charge in [0.25, 0.3) is 5.91 Å². The van der Waals surface area contributed by atoms with E-state index in [1.165, 1.54) is 17.0 Å². The van der Waals surface area contributed by atoms with Gasteiger partial charge in [-0.05, 0) is 12.1 Å². The Hall–Kier alpha value is -1.20. The molecule has 0 radical (unpaired) electrons. The largest absolute Gasteiger partial charge is 0.377 e. The number of benzene rings is 1. The number of hydrogen-bond acceptors (Lipinski definition) is 2. The molecule has 0 spiro atoms. The zero-order valence-electron chi connectivity index (χ0n) is 9.54. The second kappa shape index (κ2) is 5.63. The lowest BCUT2D eigenvalue weighted by Crippen LogP contribution is -2.49. The number of nitrogens with zero attached hydrogens (tertiary/aromatic N) is 1. The third-order valence-electron chi connectivity index (χ3n) is 2.85. The zero-order valence-corrected chi connectivity index (χ0v) is 10.3. The standard InChI is InChI=1S/C12H12ClF2NO2/c13-6-8-7-18-5-4-16(8)12(17)9-2-1-3-10(14)11(9)15/h1-3,8H,4-7H2. The van der Waals surface area contributed by atoms with Crippen molar-refractivity contribution in [2.24, 2.45) is 0 Å². The lowest BCUT2D eigenvalue weighted by molar-refractivity contribution is 0.00427. The second-order valence-electron chi connectivity index (χ2n) is 3.98. The molecule has 1 fully saturated rings. The summed E-state index contributed by atoms with van der Waals surface area (Å²) in [7, 11) is 0. The van der Waals surface area contributed by atoms with Crippen molar-refractivity contribution < 1.29 is 18.3 Å². The lowest BCUT2D eigenvalue weighted by atomic mass is 10.1. The first kappa shape index (κ1) is 13.2. The highest BCUT2D eigenvalue weighted by Crippen LogP contribution is 2.17. The van der Waals surface area contributed by atoms with Gasteiger partial charge in [-0.15, -0.1) is 11.6 Å². The molecule has 1 aromatic carbocycles. The molecular weight excluding hydrogens is 264 g/mol. The maximum absolute atomic E-state index is 13.6. The third kappa shape index (κ3) is 2.47. The molecule has 2 rings (SSSR count). The molecule has 18 heavy (non-hydrogen) atoms. The predicted octanol–water partition coefficient (Wildman–Crippen LogP) is 2.04. The lowest BCUT2D eigenvalue weighted by Gasteiger charge is -2.34. The van der Waals surface area contributed by atoms with Gasteiger partial charge in [0.05, 0.1) is 24.8 Å². The summed E-state index contributed by atoms with van der Waals surface area (Å²) in [6.45, 7) is 1.01. The number of hydrogen-bond donors (Lipinski definition) is 0. The molecule has 0 aliphatic carbocycles. The van der Waals surface area contributed by atoms with Gasteiger partial charge in [-0.2, -0.15) is 0 Å². The van der Waals surface area contributed by atoms with E-state index in [0.717, 1.165) is 6.07 Å². The molecule has 6 heteroatoms. The van der Waals surface area contributed by atoms with Crippen molar-refractivity contribution in [1.29, 1.82) is 0 Å². The number of morpholine rings is 1. The SMILES string of the molecule is O=C(c1cccc(F)c1F)N1CCOCC1CCl. The van der Waals surface area contributed by atoms with Crippen LogP contribution >= 0.6 is 11.6 Å². The average Bonchev–Trinajstić information content (AvgIpc) is 2.41. The monoisotopic (exact) mass is 275 g/mol. The molecule has 0 bridgehead atoms. The Balaban J connectivity index is 2.27. The van der Waals surface area contributed by atoms with E-state index in [-0.39, 0.29) is 17.5 Å². The van der Waals surface area contributed by atoms with Gasteiger partial charge in [-0.1, -0.05) is 6.07 Å². The van der Waals surface area contributed by atoms with Gasteiger partial charge >= 0.3 is 0 Å². The van der Waals surface area contributed by atoms with Crippen molar-refractivity contribution >= 4 is 17.5 Å². The zero-order chi connectivity index (χ0) is 13.1. The Morgan fingerprint density at radius 1 is 1.50 bits per heavy atom. The van der Waals surface area contributed by atoms with Crippen molar-refractivity contribution in [1.82, 2.24) is 4.90 Å². The fourth-order valence-electron chi connectivity index (χ4n) is 1.87. The van der Waals surface area contributed by atoms with Crippen LogP contribution in [-0.4, -0.2) is 42.5 Å². The van der Waals surface area contributed by atoms with E-state index >= 15 is 0 Å². The highest BCUT2D eigenvalue weighted by atomic mass is 35.5. The molecule has 1 aliphatic rings. The van der Waals surface area contributed by atoms with E-state index < -0.39 is 17.5 Å². The summed E-state index contributed by atoms with van der Waals surface area (Å²) >= 11 is 5.74. The van der Waals surface area contributed by atoms with E-state index in [2.05, 4.69) is 0 Å². The Morgan fingerprint density at radius 2 is 2.28 bits per heavy atom. The number of ether oxygens (including phenoxy) is 1. The Kier molecular flexibility index (Phi) is 4.14. The van der Waals surface area contributed by atoms with Crippen LogP contribution in [0, 0.1) is 11.6 Å². The van der Waals surface area contributed by atoms with Crippen molar-refractivity contribution in [2.45, 2.75) is 6.04 Å². The molecule has 0 saturated carbocycles. The van der Waals surface area contributed by atoms with E-state index in [4.69, 9.17) is 16.3 Å². The Bertz CT molecular complexity index is 456. The van der Waals surface area contributed by atoms with Crippen LogP contribution in [0.4, 0.5) is 8.78 Å². The molecule has 98 valence electrons. The predicted molar refractivity (Wildman–Crippen MR) is 62.7 cm³/mol. The fourth-order valence-corrected chi connectivity index (χ4v) is 2.13. The van der Waals surface area contributed by atoms with Crippen LogP contribution in [0.5, 0.6) is 0 Å². The fraction of sp³-hybridized carbons (Fsp3) is 0.417. The van der Waals surface area contributed by atoms with E-state index in [0.29, 0.717) is 19.8 Å². The Labute approximate surface area is 108 Å². The van der Waals surface area contributed by atoms with Gasteiger partial charge in [-0.25, -0.2) is 8.78 Å². The minimum absolute atomic E-state index is 0.197. The number of carbonyl (C=O) groups is 1. The summed E-state index contributed by atoms with van der Waals surface area (Å²) in [4.78, 5) is 13.6. The van der Waals surface area contributed by atoms with Gasteiger partial charge < -0.3 is 9.64 Å². The van der Waals surface area contributed by atoms with Crippen LogP contribution in [-0.2, 0) is 4.74 Å². The molecule has 1 saturated heterocycles. The van der Waals surface area contributed by atoms with Crippen LogP contribution in [0.2, 0.25) is 0 Å². The van der Waals surface area contributed by atoms with E-state index in [9.17, 15) is 13.6 Å². The molecule has 1 amide bonds. The van der Waals surface area contributed by atoms with Crippen molar-refractivity contribution in [2.75, 3.05) is 25.6 Å². The molecule has 1 unspecified atom stereocenters. The van der Waals surface area contributed by atoms with Gasteiger partial charge in [-0.3, -0.25) is 4.79 Å². The van der Waals surface area contributed by atoms with Crippen molar-refractivity contribution in [3.05, 3.63) is 35.4 Å². The molecule has 1 aliphatic heterocycles. The maximum atomic E-state index is 13.6. The summed E-state index contributed by atoms with van der Waals surface area (Å²) in [5.74, 6) is -2.51. The topological polar surface area (TPSA) is 29.5 Å². The molecule has 3 nitrogen and oxygen atoms in total. The molecule has 0 aromatic heterocycles.